The van der Waals surface area contributed by atoms with Crippen molar-refractivity contribution in [1.82, 2.24) is 9.47 Å². The molecule has 0 aliphatic carbocycles. The Balaban J connectivity index is 1.44. The predicted octanol–water partition coefficient (Wildman–Crippen LogP) is 2.31. The van der Waals surface area contributed by atoms with Gasteiger partial charge in [0, 0.05) is 44.5 Å². The number of pyridine rings is 1. The molecule has 0 unspecified atom stereocenters. The van der Waals surface area contributed by atoms with Crippen LogP contribution >= 0.6 is 0 Å². The van der Waals surface area contributed by atoms with Crippen LogP contribution in [0.15, 0.2) is 64.4 Å². The third-order valence-corrected chi connectivity index (χ3v) is 5.41. The molecule has 0 bridgehead atoms. The van der Waals surface area contributed by atoms with Gasteiger partial charge >= 0.3 is 0 Å². The lowest BCUT2D eigenvalue weighted by Gasteiger charge is -2.36. The number of rotatable bonds is 3. The molecule has 7 heteroatoms. The molecule has 0 amide bonds. The highest BCUT2D eigenvalue weighted by atomic mass is 19.1. The van der Waals surface area contributed by atoms with Crippen molar-refractivity contribution < 1.29 is 4.39 Å². The SMILES string of the molecule is Cn1c(=O)c(CN=C(N)N2CCN(c3ccc(F)cc3)CC2)cc2ccccc21. The Bertz CT molecular complexity index is 1100. The van der Waals surface area contributed by atoms with Crippen molar-refractivity contribution in [2.75, 3.05) is 31.1 Å². The largest absolute Gasteiger partial charge is 0.370 e. The molecular formula is C22H24FN5O. The molecule has 2 N–H and O–H groups in total. The summed E-state index contributed by atoms with van der Waals surface area (Å²) in [5.74, 6) is 0.211. The lowest BCUT2D eigenvalue weighted by atomic mass is 10.1. The number of para-hydroxylation sites is 1. The molecule has 0 radical (unpaired) electrons. The first-order valence-electron chi connectivity index (χ1n) is 9.66. The van der Waals surface area contributed by atoms with E-state index in [4.69, 9.17) is 5.73 Å². The van der Waals surface area contributed by atoms with E-state index in [2.05, 4.69) is 9.89 Å². The molecule has 29 heavy (non-hydrogen) atoms. The van der Waals surface area contributed by atoms with Crippen molar-refractivity contribution in [3.63, 3.8) is 0 Å². The van der Waals surface area contributed by atoms with Gasteiger partial charge in [-0.25, -0.2) is 9.38 Å². The van der Waals surface area contributed by atoms with Crippen molar-refractivity contribution in [2.45, 2.75) is 6.54 Å². The smallest absolute Gasteiger partial charge is 0.255 e. The highest BCUT2D eigenvalue weighted by Crippen LogP contribution is 2.17. The van der Waals surface area contributed by atoms with Gasteiger partial charge in [-0.05, 0) is 41.8 Å². The second-order valence-electron chi connectivity index (χ2n) is 7.22. The molecule has 1 saturated heterocycles. The number of aromatic nitrogens is 1. The zero-order valence-corrected chi connectivity index (χ0v) is 16.4. The third kappa shape index (κ3) is 3.94. The summed E-state index contributed by atoms with van der Waals surface area (Å²) in [4.78, 5) is 21.3. The van der Waals surface area contributed by atoms with E-state index >= 15 is 0 Å². The number of nitrogens with two attached hydrogens (primary N) is 1. The molecule has 150 valence electrons. The maximum absolute atomic E-state index is 13.1. The van der Waals surface area contributed by atoms with Gasteiger partial charge in [-0.3, -0.25) is 4.79 Å². The van der Waals surface area contributed by atoms with Crippen LogP contribution in [0.25, 0.3) is 10.9 Å². The van der Waals surface area contributed by atoms with Crippen LogP contribution in [-0.2, 0) is 13.6 Å². The normalized spacial score (nSPS) is 15.2. The van der Waals surface area contributed by atoms with Gasteiger partial charge in [-0.1, -0.05) is 18.2 Å². The summed E-state index contributed by atoms with van der Waals surface area (Å²) >= 11 is 0. The molecule has 3 aromatic rings. The number of benzene rings is 2. The van der Waals surface area contributed by atoms with E-state index in [1.807, 2.05) is 35.2 Å². The van der Waals surface area contributed by atoms with Gasteiger partial charge in [0.25, 0.3) is 5.56 Å². The van der Waals surface area contributed by atoms with Crippen molar-refractivity contribution in [3.05, 3.63) is 76.3 Å². The van der Waals surface area contributed by atoms with Crippen LogP contribution in [-0.4, -0.2) is 41.6 Å². The zero-order chi connectivity index (χ0) is 20.4. The number of aryl methyl sites for hydroxylation is 1. The first-order valence-corrected chi connectivity index (χ1v) is 9.66. The Morgan fingerprint density at radius 1 is 1.07 bits per heavy atom. The minimum Gasteiger partial charge on any atom is -0.370 e. The van der Waals surface area contributed by atoms with Crippen LogP contribution in [0.4, 0.5) is 10.1 Å². The van der Waals surface area contributed by atoms with Gasteiger partial charge in [-0.15, -0.1) is 0 Å². The van der Waals surface area contributed by atoms with E-state index < -0.39 is 0 Å². The van der Waals surface area contributed by atoms with E-state index in [-0.39, 0.29) is 17.9 Å². The van der Waals surface area contributed by atoms with E-state index in [1.165, 1.54) is 12.1 Å². The summed E-state index contributed by atoms with van der Waals surface area (Å²) < 4.78 is 14.8. The lowest BCUT2D eigenvalue weighted by molar-refractivity contribution is 0.380. The Kier molecular flexibility index (Phi) is 5.20. The van der Waals surface area contributed by atoms with Crippen LogP contribution < -0.4 is 16.2 Å². The number of halogens is 1. The Morgan fingerprint density at radius 2 is 1.76 bits per heavy atom. The first kappa shape index (κ1) is 19.0. The Labute approximate surface area is 168 Å². The molecule has 2 aromatic carbocycles. The number of fused-ring (bicyclic) bond motifs is 1. The van der Waals surface area contributed by atoms with Crippen LogP contribution in [0.2, 0.25) is 0 Å². The van der Waals surface area contributed by atoms with E-state index in [9.17, 15) is 9.18 Å². The molecule has 1 aromatic heterocycles. The molecule has 0 atom stereocenters. The minimum absolute atomic E-state index is 0.0543. The van der Waals surface area contributed by atoms with Gasteiger partial charge in [0.15, 0.2) is 5.96 Å². The number of aliphatic imine (C=N–C) groups is 1. The van der Waals surface area contributed by atoms with Crippen molar-refractivity contribution in [1.29, 1.82) is 0 Å². The van der Waals surface area contributed by atoms with Crippen molar-refractivity contribution in [2.24, 2.45) is 17.8 Å². The first-order chi connectivity index (χ1) is 14.0. The number of hydrogen-bond donors (Lipinski definition) is 1. The number of hydrogen-bond acceptors (Lipinski definition) is 3. The number of anilines is 1. The topological polar surface area (TPSA) is 66.9 Å². The average Bonchev–Trinajstić information content (AvgIpc) is 2.76. The summed E-state index contributed by atoms with van der Waals surface area (Å²) in [5.41, 5.74) is 8.67. The summed E-state index contributed by atoms with van der Waals surface area (Å²) in [6.07, 6.45) is 0. The summed E-state index contributed by atoms with van der Waals surface area (Å²) in [7, 11) is 1.77. The van der Waals surface area contributed by atoms with Crippen LogP contribution in [0.3, 0.4) is 0 Å². The zero-order valence-electron chi connectivity index (χ0n) is 16.4. The predicted molar refractivity (Wildman–Crippen MR) is 115 cm³/mol. The second kappa shape index (κ2) is 7.95. The van der Waals surface area contributed by atoms with Gasteiger partial charge in [0.2, 0.25) is 0 Å². The van der Waals surface area contributed by atoms with Gasteiger partial charge in [-0.2, -0.15) is 0 Å². The summed E-state index contributed by atoms with van der Waals surface area (Å²) in [5, 5.41) is 1.01. The fraction of sp³-hybridized carbons (Fsp3) is 0.273. The van der Waals surface area contributed by atoms with Crippen LogP contribution in [0, 0.1) is 5.82 Å². The molecule has 1 fully saturated rings. The number of guanidine groups is 1. The van der Waals surface area contributed by atoms with Crippen molar-refractivity contribution >= 4 is 22.5 Å². The minimum atomic E-state index is -0.233. The molecule has 0 spiro atoms. The fourth-order valence-electron chi connectivity index (χ4n) is 3.71. The van der Waals surface area contributed by atoms with Crippen LogP contribution in [0.5, 0.6) is 0 Å². The molecule has 6 nitrogen and oxygen atoms in total. The Hall–Kier alpha value is -3.35. The summed E-state index contributed by atoms with van der Waals surface area (Å²) in [6.45, 7) is 3.26. The standard InChI is InChI=1S/C22H24FN5O/c1-26-20-5-3-2-4-16(20)14-17(21(26)29)15-25-22(24)28-12-10-27(11-13-28)19-8-6-18(23)7-9-19/h2-9,14H,10-13,15H2,1H3,(H2,24,25). The highest BCUT2D eigenvalue weighted by molar-refractivity contribution is 5.80. The monoisotopic (exact) mass is 393 g/mol. The van der Waals surface area contributed by atoms with Gasteiger partial charge in [0.1, 0.15) is 5.82 Å². The third-order valence-electron chi connectivity index (χ3n) is 5.41. The molecule has 0 saturated carbocycles. The van der Waals surface area contributed by atoms with E-state index in [0.29, 0.717) is 11.5 Å². The van der Waals surface area contributed by atoms with E-state index in [1.54, 1.807) is 23.7 Å². The second-order valence-corrected chi connectivity index (χ2v) is 7.22. The molecular weight excluding hydrogens is 369 g/mol. The van der Waals surface area contributed by atoms with Gasteiger partial charge in [0.05, 0.1) is 12.1 Å². The van der Waals surface area contributed by atoms with Crippen LogP contribution in [0.1, 0.15) is 5.56 Å². The lowest BCUT2D eigenvalue weighted by Crippen LogP contribution is -2.51. The van der Waals surface area contributed by atoms with E-state index in [0.717, 1.165) is 42.8 Å². The molecule has 1 aliphatic heterocycles. The van der Waals surface area contributed by atoms with Gasteiger partial charge < -0.3 is 20.1 Å². The quantitative estimate of drug-likeness (QED) is 0.548. The average molecular weight is 393 g/mol. The molecule has 4 rings (SSSR count). The summed E-state index contributed by atoms with van der Waals surface area (Å²) in [6, 6.07) is 16.2. The number of nitrogens with zero attached hydrogens (tertiary/aromatic N) is 4. The Morgan fingerprint density at radius 3 is 2.48 bits per heavy atom. The fourth-order valence-corrected chi connectivity index (χ4v) is 3.71. The maximum Gasteiger partial charge on any atom is 0.255 e. The molecule has 2 heterocycles. The highest BCUT2D eigenvalue weighted by Gasteiger charge is 2.18. The number of piperazine rings is 1. The maximum atomic E-state index is 13.1. The van der Waals surface area contributed by atoms with Crippen molar-refractivity contribution in [3.8, 4) is 0 Å². The molecule has 1 aliphatic rings.